The molecule has 30 heavy (non-hydrogen) atoms. The Kier molecular flexibility index (Phi) is 19.2. The van der Waals surface area contributed by atoms with E-state index < -0.39 is 0 Å². The van der Waals surface area contributed by atoms with E-state index >= 15 is 0 Å². The fourth-order valence-electron chi connectivity index (χ4n) is 4.25. The van der Waals surface area contributed by atoms with Gasteiger partial charge in [0.2, 0.25) is 0 Å². The van der Waals surface area contributed by atoms with Crippen molar-refractivity contribution in [3.05, 3.63) is 29.8 Å². The van der Waals surface area contributed by atoms with Crippen molar-refractivity contribution >= 4 is 0 Å². The first-order valence-electron chi connectivity index (χ1n) is 13.6. The van der Waals surface area contributed by atoms with E-state index in [2.05, 4.69) is 38.1 Å². The first-order valence-corrected chi connectivity index (χ1v) is 13.6. The highest BCUT2D eigenvalue weighted by Crippen LogP contribution is 2.21. The van der Waals surface area contributed by atoms with Gasteiger partial charge in [0.1, 0.15) is 5.75 Å². The van der Waals surface area contributed by atoms with Crippen LogP contribution in [0.2, 0.25) is 0 Å². The van der Waals surface area contributed by atoms with Gasteiger partial charge in [0, 0.05) is 0 Å². The number of para-hydroxylation sites is 1. The Morgan fingerprint density at radius 3 is 1.47 bits per heavy atom. The number of benzene rings is 1. The molecule has 0 aromatic heterocycles. The van der Waals surface area contributed by atoms with E-state index in [1.807, 2.05) is 0 Å². The van der Waals surface area contributed by atoms with Crippen molar-refractivity contribution < 1.29 is 4.74 Å². The highest BCUT2D eigenvalue weighted by molar-refractivity contribution is 5.33. The summed E-state index contributed by atoms with van der Waals surface area (Å²) in [4.78, 5) is 0. The number of hydrogen-bond donors (Lipinski definition) is 0. The molecule has 0 radical (unpaired) electrons. The molecular formula is C29H52O. The van der Waals surface area contributed by atoms with Crippen molar-refractivity contribution in [1.29, 1.82) is 0 Å². The van der Waals surface area contributed by atoms with Crippen LogP contribution in [0, 0.1) is 0 Å². The zero-order chi connectivity index (χ0) is 21.5. The number of ether oxygens (including phenoxy) is 1. The molecule has 174 valence electrons. The van der Waals surface area contributed by atoms with Gasteiger partial charge in [-0.15, -0.1) is 0 Å². The van der Waals surface area contributed by atoms with E-state index in [9.17, 15) is 0 Å². The molecule has 0 N–H and O–H groups in total. The Morgan fingerprint density at radius 2 is 0.933 bits per heavy atom. The summed E-state index contributed by atoms with van der Waals surface area (Å²) in [5.74, 6) is 1.13. The SMILES string of the molecule is CCCCCCCCCCCCc1ccccc1OCCCCCCCCCCC. The van der Waals surface area contributed by atoms with E-state index in [0.717, 1.165) is 12.4 Å². The average Bonchev–Trinajstić information content (AvgIpc) is 2.77. The maximum atomic E-state index is 6.14. The minimum absolute atomic E-state index is 0.880. The summed E-state index contributed by atoms with van der Waals surface area (Å²) in [7, 11) is 0. The first-order chi connectivity index (χ1) is 14.9. The van der Waals surface area contributed by atoms with Crippen LogP contribution in [0.1, 0.15) is 141 Å². The fraction of sp³-hybridized carbons (Fsp3) is 0.793. The fourth-order valence-corrected chi connectivity index (χ4v) is 4.25. The van der Waals surface area contributed by atoms with E-state index in [4.69, 9.17) is 4.74 Å². The van der Waals surface area contributed by atoms with E-state index in [1.54, 1.807) is 0 Å². The summed E-state index contributed by atoms with van der Waals surface area (Å²) in [6, 6.07) is 8.71. The number of hydrogen-bond acceptors (Lipinski definition) is 1. The quantitative estimate of drug-likeness (QED) is 0.171. The normalized spacial score (nSPS) is 11.1. The largest absolute Gasteiger partial charge is 0.493 e. The Hall–Kier alpha value is -0.980. The van der Waals surface area contributed by atoms with Gasteiger partial charge in [0.25, 0.3) is 0 Å². The third-order valence-corrected chi connectivity index (χ3v) is 6.28. The molecule has 1 heteroatoms. The Morgan fingerprint density at radius 1 is 0.500 bits per heavy atom. The molecule has 0 fully saturated rings. The van der Waals surface area contributed by atoms with Gasteiger partial charge in [-0.05, 0) is 30.9 Å². The standard InChI is InChI=1S/C29H52O/c1-3-5-7-9-11-13-14-16-18-20-24-28-25-21-22-26-29(28)30-27-23-19-17-15-12-10-8-6-4-2/h21-22,25-26H,3-20,23-24,27H2,1-2H3. The summed E-state index contributed by atoms with van der Waals surface area (Å²) >= 11 is 0. The van der Waals surface area contributed by atoms with Gasteiger partial charge >= 0.3 is 0 Å². The van der Waals surface area contributed by atoms with Gasteiger partial charge in [-0.25, -0.2) is 0 Å². The van der Waals surface area contributed by atoms with Gasteiger partial charge in [-0.1, -0.05) is 141 Å². The molecule has 0 aliphatic rings. The van der Waals surface area contributed by atoms with Gasteiger partial charge < -0.3 is 4.74 Å². The molecule has 0 aliphatic heterocycles. The van der Waals surface area contributed by atoms with Crippen LogP contribution >= 0.6 is 0 Å². The lowest BCUT2D eigenvalue weighted by Crippen LogP contribution is -2.00. The van der Waals surface area contributed by atoms with Crippen LogP contribution in [0.5, 0.6) is 5.75 Å². The zero-order valence-electron chi connectivity index (χ0n) is 20.6. The summed E-state index contributed by atoms with van der Waals surface area (Å²) in [5.41, 5.74) is 1.41. The lowest BCUT2D eigenvalue weighted by molar-refractivity contribution is 0.301. The lowest BCUT2D eigenvalue weighted by Gasteiger charge is -2.11. The zero-order valence-corrected chi connectivity index (χ0v) is 20.6. The van der Waals surface area contributed by atoms with E-state index in [1.165, 1.54) is 134 Å². The van der Waals surface area contributed by atoms with E-state index in [0.29, 0.717) is 0 Å². The summed E-state index contributed by atoms with van der Waals surface area (Å²) in [6.07, 6.45) is 27.5. The van der Waals surface area contributed by atoms with Crippen LogP contribution in [0.25, 0.3) is 0 Å². The van der Waals surface area contributed by atoms with Crippen molar-refractivity contribution in [2.45, 2.75) is 142 Å². The second kappa shape index (κ2) is 21.3. The highest BCUT2D eigenvalue weighted by atomic mass is 16.5. The minimum atomic E-state index is 0.880. The second-order valence-electron chi connectivity index (χ2n) is 9.22. The monoisotopic (exact) mass is 416 g/mol. The molecule has 0 saturated heterocycles. The molecule has 1 aromatic carbocycles. The molecule has 0 bridgehead atoms. The van der Waals surface area contributed by atoms with Crippen molar-refractivity contribution in [2.24, 2.45) is 0 Å². The smallest absolute Gasteiger partial charge is 0.122 e. The second-order valence-corrected chi connectivity index (χ2v) is 9.22. The maximum absolute atomic E-state index is 6.14. The lowest BCUT2D eigenvalue weighted by atomic mass is 10.0. The van der Waals surface area contributed by atoms with E-state index in [-0.39, 0.29) is 0 Å². The number of rotatable bonds is 22. The molecule has 0 saturated carbocycles. The predicted molar refractivity (Wildman–Crippen MR) is 135 cm³/mol. The molecule has 1 rings (SSSR count). The van der Waals surface area contributed by atoms with Crippen molar-refractivity contribution in [2.75, 3.05) is 6.61 Å². The summed E-state index contributed by atoms with van der Waals surface area (Å²) < 4.78 is 6.14. The van der Waals surface area contributed by atoms with Crippen LogP contribution in [-0.4, -0.2) is 6.61 Å². The van der Waals surface area contributed by atoms with Crippen molar-refractivity contribution in [3.8, 4) is 5.75 Å². The predicted octanol–water partition coefficient (Wildman–Crippen LogP) is 10.1. The summed E-state index contributed by atoms with van der Waals surface area (Å²) in [6.45, 7) is 5.46. The van der Waals surface area contributed by atoms with Crippen LogP contribution in [0.3, 0.4) is 0 Å². The van der Waals surface area contributed by atoms with Gasteiger partial charge in [0.05, 0.1) is 6.61 Å². The minimum Gasteiger partial charge on any atom is -0.493 e. The molecule has 0 aliphatic carbocycles. The molecule has 0 amide bonds. The molecule has 1 nitrogen and oxygen atoms in total. The Balaban J connectivity index is 2.02. The van der Waals surface area contributed by atoms with Crippen molar-refractivity contribution in [1.82, 2.24) is 0 Å². The Labute approximate surface area is 189 Å². The van der Waals surface area contributed by atoms with Gasteiger partial charge in [-0.3, -0.25) is 0 Å². The highest BCUT2D eigenvalue weighted by Gasteiger charge is 2.03. The molecular weight excluding hydrogens is 364 g/mol. The topological polar surface area (TPSA) is 9.23 Å². The molecule has 0 unspecified atom stereocenters. The van der Waals surface area contributed by atoms with Gasteiger partial charge in [0.15, 0.2) is 0 Å². The van der Waals surface area contributed by atoms with Crippen LogP contribution in [0.15, 0.2) is 24.3 Å². The maximum Gasteiger partial charge on any atom is 0.122 e. The number of aryl methyl sites for hydroxylation is 1. The summed E-state index contributed by atoms with van der Waals surface area (Å²) in [5, 5.41) is 0. The molecule has 0 atom stereocenters. The third kappa shape index (κ3) is 15.8. The molecule has 1 aromatic rings. The average molecular weight is 417 g/mol. The van der Waals surface area contributed by atoms with Gasteiger partial charge in [-0.2, -0.15) is 0 Å². The number of unbranched alkanes of at least 4 members (excludes halogenated alkanes) is 17. The molecule has 0 heterocycles. The van der Waals surface area contributed by atoms with Crippen LogP contribution in [0.4, 0.5) is 0 Å². The Bertz CT molecular complexity index is 424. The van der Waals surface area contributed by atoms with Crippen LogP contribution in [-0.2, 0) is 6.42 Å². The third-order valence-electron chi connectivity index (χ3n) is 6.28. The van der Waals surface area contributed by atoms with Crippen LogP contribution < -0.4 is 4.74 Å². The first kappa shape index (κ1) is 27.1. The molecule has 0 spiro atoms. The van der Waals surface area contributed by atoms with Crippen molar-refractivity contribution in [3.63, 3.8) is 0 Å².